The van der Waals surface area contributed by atoms with E-state index < -0.39 is 11.9 Å². The van der Waals surface area contributed by atoms with Crippen LogP contribution in [0.15, 0.2) is 121 Å². The maximum absolute atomic E-state index is 15.2. The number of benzene rings is 4. The monoisotopic (exact) mass is 642 g/mol. The van der Waals surface area contributed by atoms with Gasteiger partial charge in [0.25, 0.3) is 0 Å². The molecule has 1 aromatic heterocycles. The van der Waals surface area contributed by atoms with Gasteiger partial charge in [-0.05, 0) is 71.5 Å². The highest BCUT2D eigenvalue weighted by Gasteiger charge is 2.42. The number of anilines is 3. The molecule has 242 valence electrons. The summed E-state index contributed by atoms with van der Waals surface area (Å²) in [6.07, 6.45) is 4.11. The van der Waals surface area contributed by atoms with Crippen LogP contribution in [-0.2, 0) is 16.1 Å². The average Bonchev–Trinajstić information content (AvgIpc) is 3.53. The zero-order chi connectivity index (χ0) is 33.3. The number of Topliss-reactive ketones (excluding diaryl/α,β-unsaturated/α-hetero) is 1. The standard InChI is InChI=1S/C38H35FN6O3/c1-38(2)19-31-36(33(46)20-38)37(26-14-17-29(39)34(18-26)48-28-8-4-3-5-9-28)45(32-11-7-6-10-30(32)43-31)22-35(47)42-27-15-12-25(13-16-27)21-44-24-40-23-41-44/h3-18,23-24,37,43H,19-22H2,1-2H3,(H,42,47). The van der Waals surface area contributed by atoms with Crippen LogP contribution in [0.1, 0.15) is 43.9 Å². The lowest BCUT2D eigenvalue weighted by Gasteiger charge is -2.38. The summed E-state index contributed by atoms with van der Waals surface area (Å²) in [5.74, 6) is -0.300. The molecule has 0 radical (unpaired) electrons. The highest BCUT2D eigenvalue weighted by atomic mass is 19.1. The van der Waals surface area contributed by atoms with E-state index in [0.29, 0.717) is 42.0 Å². The number of nitrogens with one attached hydrogen (secondary N) is 2. The zero-order valence-corrected chi connectivity index (χ0v) is 26.7. The molecule has 2 aliphatic rings. The summed E-state index contributed by atoms with van der Waals surface area (Å²) in [5.41, 5.74) is 4.90. The van der Waals surface area contributed by atoms with E-state index in [-0.39, 0.29) is 29.4 Å². The summed E-state index contributed by atoms with van der Waals surface area (Å²) in [6, 6.07) is 28.2. The Morgan fingerprint density at radius 2 is 1.77 bits per heavy atom. The molecule has 48 heavy (non-hydrogen) atoms. The molecular formula is C38H35FN6O3. The molecule has 0 bridgehead atoms. The van der Waals surface area contributed by atoms with Crippen LogP contribution < -0.4 is 20.3 Å². The van der Waals surface area contributed by atoms with Crippen molar-refractivity contribution in [1.29, 1.82) is 0 Å². The Kier molecular flexibility index (Phi) is 8.22. The van der Waals surface area contributed by atoms with Gasteiger partial charge in [-0.2, -0.15) is 5.10 Å². The van der Waals surface area contributed by atoms with E-state index in [9.17, 15) is 9.59 Å². The quantitative estimate of drug-likeness (QED) is 0.181. The molecular weight excluding hydrogens is 607 g/mol. The number of allylic oxidation sites excluding steroid dienone is 1. The fourth-order valence-electron chi connectivity index (χ4n) is 6.51. The molecule has 1 aliphatic carbocycles. The molecule has 1 amide bonds. The molecule has 0 spiro atoms. The number of ether oxygens (including phenoxy) is 1. The summed E-state index contributed by atoms with van der Waals surface area (Å²) in [7, 11) is 0. The number of carbonyl (C=O) groups excluding carboxylic acids is 2. The Hall–Kier alpha value is -5.77. The van der Waals surface area contributed by atoms with Gasteiger partial charge in [-0.1, -0.05) is 62.4 Å². The predicted octanol–water partition coefficient (Wildman–Crippen LogP) is 7.51. The zero-order valence-electron chi connectivity index (χ0n) is 26.7. The lowest BCUT2D eigenvalue weighted by molar-refractivity contribution is -0.119. The lowest BCUT2D eigenvalue weighted by atomic mass is 9.73. The van der Waals surface area contributed by atoms with Gasteiger partial charge in [0.2, 0.25) is 5.91 Å². The van der Waals surface area contributed by atoms with Crippen LogP contribution in [0.2, 0.25) is 0 Å². The van der Waals surface area contributed by atoms with Crippen molar-refractivity contribution < 1.29 is 18.7 Å². The van der Waals surface area contributed by atoms with Gasteiger partial charge in [0.1, 0.15) is 18.4 Å². The smallest absolute Gasteiger partial charge is 0.243 e. The van der Waals surface area contributed by atoms with Crippen LogP contribution in [0.3, 0.4) is 0 Å². The number of rotatable bonds is 8. The first-order valence-electron chi connectivity index (χ1n) is 15.8. The van der Waals surface area contributed by atoms with Gasteiger partial charge in [0.15, 0.2) is 17.3 Å². The van der Waals surface area contributed by atoms with Gasteiger partial charge in [0.05, 0.1) is 30.5 Å². The third kappa shape index (κ3) is 6.55. The molecule has 7 rings (SSSR count). The first kappa shape index (κ1) is 30.9. The number of carbonyl (C=O) groups is 2. The Morgan fingerprint density at radius 1 is 1.00 bits per heavy atom. The summed E-state index contributed by atoms with van der Waals surface area (Å²) in [5, 5.41) is 10.7. The third-order valence-corrected chi connectivity index (χ3v) is 8.61. The number of hydrogen-bond acceptors (Lipinski definition) is 7. The second kappa shape index (κ2) is 12.8. The molecule has 0 fully saturated rings. The number of aromatic nitrogens is 3. The number of halogens is 1. The fourth-order valence-corrected chi connectivity index (χ4v) is 6.51. The number of nitrogens with zero attached hydrogens (tertiary/aromatic N) is 4. The average molecular weight is 643 g/mol. The SMILES string of the molecule is CC1(C)CC(=O)C2=C(C1)Nc1ccccc1N(CC(=O)Nc1ccc(Cn3cncn3)cc1)C2c1ccc(F)c(Oc2ccccc2)c1. The molecule has 2 N–H and O–H groups in total. The molecule has 2 heterocycles. The van der Waals surface area contributed by atoms with Gasteiger partial charge in [0, 0.05) is 23.4 Å². The minimum atomic E-state index is -0.700. The first-order valence-corrected chi connectivity index (χ1v) is 15.8. The summed E-state index contributed by atoms with van der Waals surface area (Å²) >= 11 is 0. The predicted molar refractivity (Wildman–Crippen MR) is 182 cm³/mol. The Bertz CT molecular complexity index is 1990. The van der Waals surface area contributed by atoms with Gasteiger partial charge in [-0.15, -0.1) is 0 Å². The number of ketones is 1. The van der Waals surface area contributed by atoms with Crippen molar-refractivity contribution in [2.45, 2.75) is 39.3 Å². The van der Waals surface area contributed by atoms with E-state index in [2.05, 4.69) is 34.6 Å². The maximum Gasteiger partial charge on any atom is 0.243 e. The number of fused-ring (bicyclic) bond motifs is 1. The van der Waals surface area contributed by atoms with Crippen molar-refractivity contribution >= 4 is 28.8 Å². The Morgan fingerprint density at radius 3 is 2.54 bits per heavy atom. The van der Waals surface area contributed by atoms with E-state index in [0.717, 1.165) is 22.6 Å². The van der Waals surface area contributed by atoms with Crippen molar-refractivity contribution in [2.75, 3.05) is 22.1 Å². The van der Waals surface area contributed by atoms with Gasteiger partial charge >= 0.3 is 0 Å². The minimum Gasteiger partial charge on any atom is -0.454 e. The van der Waals surface area contributed by atoms with Crippen molar-refractivity contribution in [3.63, 3.8) is 0 Å². The Labute approximate surface area is 278 Å². The third-order valence-electron chi connectivity index (χ3n) is 8.61. The van der Waals surface area contributed by atoms with Crippen LogP contribution in [0.25, 0.3) is 0 Å². The fraction of sp³-hybridized carbons (Fsp3) is 0.211. The highest BCUT2D eigenvalue weighted by molar-refractivity contribution is 6.02. The van der Waals surface area contributed by atoms with Crippen molar-refractivity contribution in [2.24, 2.45) is 5.41 Å². The van der Waals surface area contributed by atoms with E-state index in [1.807, 2.05) is 71.6 Å². The molecule has 1 atom stereocenters. The van der Waals surface area contributed by atoms with Crippen LogP contribution in [-0.4, -0.2) is 33.0 Å². The number of amides is 1. The topological polar surface area (TPSA) is 101 Å². The van der Waals surface area contributed by atoms with E-state index in [1.54, 1.807) is 35.3 Å². The molecule has 9 nitrogen and oxygen atoms in total. The molecule has 0 saturated heterocycles. The normalized spacial score (nSPS) is 16.8. The molecule has 0 saturated carbocycles. The van der Waals surface area contributed by atoms with Crippen LogP contribution in [0, 0.1) is 11.2 Å². The van der Waals surface area contributed by atoms with E-state index in [1.165, 1.54) is 12.4 Å². The second-order valence-corrected chi connectivity index (χ2v) is 12.9. The first-order chi connectivity index (χ1) is 23.2. The van der Waals surface area contributed by atoms with Crippen molar-refractivity contribution in [1.82, 2.24) is 14.8 Å². The van der Waals surface area contributed by atoms with Crippen molar-refractivity contribution in [3.05, 3.63) is 138 Å². The molecule has 10 heteroatoms. The second-order valence-electron chi connectivity index (χ2n) is 12.9. The Balaban J connectivity index is 1.26. The highest BCUT2D eigenvalue weighted by Crippen LogP contribution is 2.48. The molecule has 1 aliphatic heterocycles. The molecule has 5 aromatic rings. The molecule has 1 unspecified atom stereocenters. The van der Waals surface area contributed by atoms with Crippen LogP contribution in [0.4, 0.5) is 21.5 Å². The summed E-state index contributed by atoms with van der Waals surface area (Å²) < 4.78 is 22.9. The van der Waals surface area contributed by atoms with Crippen molar-refractivity contribution in [3.8, 4) is 11.5 Å². The molecule has 4 aromatic carbocycles. The van der Waals surface area contributed by atoms with Crippen LogP contribution >= 0.6 is 0 Å². The van der Waals surface area contributed by atoms with E-state index >= 15 is 4.39 Å². The minimum absolute atomic E-state index is 0.0187. The van der Waals surface area contributed by atoms with Crippen LogP contribution in [0.5, 0.6) is 11.5 Å². The lowest BCUT2D eigenvalue weighted by Crippen LogP contribution is -2.40. The summed E-state index contributed by atoms with van der Waals surface area (Å²) in [6.45, 7) is 4.63. The number of para-hydroxylation sites is 3. The van der Waals surface area contributed by atoms with Gasteiger partial charge < -0.3 is 20.3 Å². The summed E-state index contributed by atoms with van der Waals surface area (Å²) in [4.78, 5) is 33.9. The van der Waals surface area contributed by atoms with Gasteiger partial charge in [-0.25, -0.2) is 14.1 Å². The number of hydrogen-bond donors (Lipinski definition) is 2. The maximum atomic E-state index is 15.2. The van der Waals surface area contributed by atoms with E-state index in [4.69, 9.17) is 4.74 Å². The largest absolute Gasteiger partial charge is 0.454 e. The van der Waals surface area contributed by atoms with Gasteiger partial charge in [-0.3, -0.25) is 9.59 Å².